The lowest BCUT2D eigenvalue weighted by Crippen LogP contribution is -2.52. The molecule has 188 valence electrons. The molecule has 4 rings (SSSR count). The predicted octanol–water partition coefficient (Wildman–Crippen LogP) is 5.32. The average Bonchev–Trinajstić information content (AvgIpc) is 2.90. The van der Waals surface area contributed by atoms with Gasteiger partial charge in [0.15, 0.2) is 6.61 Å². The fourth-order valence-electron chi connectivity index (χ4n) is 5.17. The molecule has 0 bridgehead atoms. The maximum atomic E-state index is 13.4. The van der Waals surface area contributed by atoms with Crippen LogP contribution in [0, 0.1) is 0 Å². The van der Waals surface area contributed by atoms with Gasteiger partial charge in [-0.1, -0.05) is 56.0 Å². The molecule has 6 heteroatoms. The van der Waals surface area contributed by atoms with Crippen molar-refractivity contribution >= 4 is 11.8 Å². The largest absolute Gasteiger partial charge is 0.487 e. The van der Waals surface area contributed by atoms with Crippen LogP contribution in [-0.2, 0) is 4.79 Å². The Morgan fingerprint density at radius 2 is 1.57 bits per heavy atom. The molecule has 0 unspecified atom stereocenters. The van der Waals surface area contributed by atoms with Gasteiger partial charge in [-0.05, 0) is 56.4 Å². The molecule has 1 aliphatic carbocycles. The standard InChI is InChI=1S/C29H38N2O4/c1-30-20-12-3-2-4-13-21-31(28(32)22-34-23-14-6-5-7-15-23)25-17-9-11-19-27(25)35-26-18-10-8-16-24(26)29(30)33/h5-8,10,14-16,18,25,27H,2-4,9,11-13,17,19-22H2,1H3/t25-,27+/m1/s1. The van der Waals surface area contributed by atoms with Crippen LogP contribution in [0.3, 0.4) is 0 Å². The van der Waals surface area contributed by atoms with Gasteiger partial charge in [0.2, 0.25) is 0 Å². The minimum absolute atomic E-state index is 0.00256. The topological polar surface area (TPSA) is 59.1 Å². The maximum absolute atomic E-state index is 13.4. The van der Waals surface area contributed by atoms with Gasteiger partial charge < -0.3 is 19.3 Å². The van der Waals surface area contributed by atoms with Crippen molar-refractivity contribution < 1.29 is 19.1 Å². The lowest BCUT2D eigenvalue weighted by atomic mass is 9.90. The van der Waals surface area contributed by atoms with Crippen LogP contribution >= 0.6 is 0 Å². The Hall–Kier alpha value is -3.02. The number of carbonyl (C=O) groups excluding carboxylic acids is 2. The molecule has 0 N–H and O–H groups in total. The van der Waals surface area contributed by atoms with Gasteiger partial charge in [-0.25, -0.2) is 0 Å². The molecule has 2 aromatic carbocycles. The summed E-state index contributed by atoms with van der Waals surface area (Å²) in [6.07, 6.45) is 8.93. The van der Waals surface area contributed by atoms with Crippen molar-refractivity contribution in [1.82, 2.24) is 9.80 Å². The Labute approximate surface area is 209 Å². The van der Waals surface area contributed by atoms with E-state index in [0.717, 1.165) is 64.3 Å². The second-order valence-corrected chi connectivity index (χ2v) is 9.69. The molecule has 1 fully saturated rings. The molecule has 1 heterocycles. The lowest BCUT2D eigenvalue weighted by molar-refractivity contribution is -0.139. The molecule has 0 radical (unpaired) electrons. The molecule has 0 spiro atoms. The fourth-order valence-corrected chi connectivity index (χ4v) is 5.17. The summed E-state index contributed by atoms with van der Waals surface area (Å²) in [5.41, 5.74) is 0.597. The van der Waals surface area contributed by atoms with Crippen LogP contribution in [0.5, 0.6) is 11.5 Å². The number of carbonyl (C=O) groups is 2. The Bertz CT molecular complexity index is 964. The van der Waals surface area contributed by atoms with Gasteiger partial charge in [0, 0.05) is 20.1 Å². The fraction of sp³-hybridized carbons (Fsp3) is 0.517. The zero-order valence-electron chi connectivity index (χ0n) is 20.9. The molecule has 0 aromatic heterocycles. The monoisotopic (exact) mass is 478 g/mol. The molecular formula is C29H38N2O4. The van der Waals surface area contributed by atoms with Crippen molar-refractivity contribution in [2.75, 3.05) is 26.7 Å². The van der Waals surface area contributed by atoms with Crippen molar-refractivity contribution in [3.05, 3.63) is 60.2 Å². The van der Waals surface area contributed by atoms with E-state index < -0.39 is 0 Å². The van der Waals surface area contributed by atoms with E-state index in [1.807, 2.05) is 66.5 Å². The van der Waals surface area contributed by atoms with E-state index in [1.165, 1.54) is 0 Å². The quantitative estimate of drug-likeness (QED) is 0.599. The minimum Gasteiger partial charge on any atom is -0.487 e. The molecular weight excluding hydrogens is 440 g/mol. The number of ether oxygens (including phenoxy) is 2. The number of fused-ring (bicyclic) bond motifs is 2. The third kappa shape index (κ3) is 6.77. The van der Waals surface area contributed by atoms with Crippen molar-refractivity contribution in [3.8, 4) is 11.5 Å². The Morgan fingerprint density at radius 1 is 0.886 bits per heavy atom. The summed E-state index contributed by atoms with van der Waals surface area (Å²) in [7, 11) is 1.87. The van der Waals surface area contributed by atoms with E-state index in [0.29, 0.717) is 23.6 Å². The lowest BCUT2D eigenvalue weighted by Gasteiger charge is -2.40. The smallest absolute Gasteiger partial charge is 0.260 e. The summed E-state index contributed by atoms with van der Waals surface area (Å²) >= 11 is 0. The van der Waals surface area contributed by atoms with Gasteiger partial charge >= 0.3 is 0 Å². The normalized spacial score (nSPS) is 22.1. The summed E-state index contributed by atoms with van der Waals surface area (Å²) in [5.74, 6) is 1.31. The van der Waals surface area contributed by atoms with Gasteiger partial charge in [0.05, 0.1) is 11.6 Å². The molecule has 2 amide bonds. The highest BCUT2D eigenvalue weighted by molar-refractivity contribution is 5.96. The highest BCUT2D eigenvalue weighted by Gasteiger charge is 2.35. The van der Waals surface area contributed by atoms with Gasteiger partial charge in [-0.2, -0.15) is 0 Å². The van der Waals surface area contributed by atoms with E-state index >= 15 is 0 Å². The van der Waals surface area contributed by atoms with Crippen molar-refractivity contribution in [3.63, 3.8) is 0 Å². The van der Waals surface area contributed by atoms with Crippen molar-refractivity contribution in [1.29, 1.82) is 0 Å². The summed E-state index contributed by atoms with van der Waals surface area (Å²) in [4.78, 5) is 30.4. The number of rotatable bonds is 3. The van der Waals surface area contributed by atoms with Crippen LogP contribution < -0.4 is 9.47 Å². The second kappa shape index (κ2) is 12.6. The van der Waals surface area contributed by atoms with Crippen LogP contribution in [0.15, 0.2) is 54.6 Å². The Morgan fingerprint density at radius 3 is 2.40 bits per heavy atom. The molecule has 2 aromatic rings. The van der Waals surface area contributed by atoms with E-state index in [4.69, 9.17) is 9.47 Å². The highest BCUT2D eigenvalue weighted by Crippen LogP contribution is 2.30. The van der Waals surface area contributed by atoms with Crippen LogP contribution in [0.1, 0.15) is 68.1 Å². The number of hydrogen-bond donors (Lipinski definition) is 0. The first-order valence-corrected chi connectivity index (χ1v) is 13.1. The van der Waals surface area contributed by atoms with Gasteiger partial charge in [0.25, 0.3) is 11.8 Å². The third-order valence-corrected chi connectivity index (χ3v) is 7.13. The van der Waals surface area contributed by atoms with Crippen molar-refractivity contribution in [2.24, 2.45) is 0 Å². The SMILES string of the molecule is CN1CCCCCCCN(C(=O)COc2ccccc2)[C@@H]2CCCC[C@@H]2Oc2ccccc2C1=O. The zero-order chi connectivity index (χ0) is 24.5. The summed E-state index contributed by atoms with van der Waals surface area (Å²) in [6.45, 7) is 1.47. The molecule has 1 aliphatic heterocycles. The van der Waals surface area contributed by atoms with Crippen LogP contribution in [-0.4, -0.2) is 60.5 Å². The second-order valence-electron chi connectivity index (χ2n) is 9.69. The Balaban J connectivity index is 1.57. The number of nitrogens with zero attached hydrogens (tertiary/aromatic N) is 2. The van der Waals surface area contributed by atoms with Crippen LogP contribution in [0.4, 0.5) is 0 Å². The van der Waals surface area contributed by atoms with Crippen LogP contribution in [0.2, 0.25) is 0 Å². The first-order valence-electron chi connectivity index (χ1n) is 13.1. The number of para-hydroxylation sites is 2. The average molecular weight is 479 g/mol. The summed E-state index contributed by atoms with van der Waals surface area (Å²) in [5, 5.41) is 0. The molecule has 35 heavy (non-hydrogen) atoms. The maximum Gasteiger partial charge on any atom is 0.260 e. The summed E-state index contributed by atoms with van der Waals surface area (Å²) in [6, 6.07) is 17.0. The summed E-state index contributed by atoms with van der Waals surface area (Å²) < 4.78 is 12.4. The third-order valence-electron chi connectivity index (χ3n) is 7.13. The molecule has 6 nitrogen and oxygen atoms in total. The van der Waals surface area contributed by atoms with Crippen molar-refractivity contribution in [2.45, 2.75) is 69.9 Å². The van der Waals surface area contributed by atoms with Gasteiger partial charge in [-0.15, -0.1) is 0 Å². The van der Waals surface area contributed by atoms with E-state index in [9.17, 15) is 9.59 Å². The number of amides is 2. The molecule has 2 atom stereocenters. The van der Waals surface area contributed by atoms with E-state index in [-0.39, 0.29) is 30.6 Å². The van der Waals surface area contributed by atoms with Gasteiger partial charge in [-0.3, -0.25) is 9.59 Å². The zero-order valence-corrected chi connectivity index (χ0v) is 20.9. The van der Waals surface area contributed by atoms with Crippen LogP contribution in [0.25, 0.3) is 0 Å². The van der Waals surface area contributed by atoms with E-state index in [2.05, 4.69) is 0 Å². The molecule has 2 aliphatic rings. The molecule has 1 saturated carbocycles. The first kappa shape index (κ1) is 25.1. The predicted molar refractivity (Wildman–Crippen MR) is 137 cm³/mol. The Kier molecular flexibility index (Phi) is 9.04. The minimum atomic E-state index is -0.145. The highest BCUT2D eigenvalue weighted by atomic mass is 16.5. The first-order chi connectivity index (χ1) is 17.1. The number of hydrogen-bond acceptors (Lipinski definition) is 4. The number of benzene rings is 2. The molecule has 0 saturated heterocycles. The van der Waals surface area contributed by atoms with E-state index in [1.54, 1.807) is 4.90 Å². The van der Waals surface area contributed by atoms with Gasteiger partial charge in [0.1, 0.15) is 17.6 Å².